The largest absolute Gasteiger partial charge is 0.451 e. The van der Waals surface area contributed by atoms with Crippen molar-refractivity contribution in [1.29, 1.82) is 0 Å². The van der Waals surface area contributed by atoms with E-state index in [1.807, 2.05) is 79.0 Å². The van der Waals surface area contributed by atoms with Crippen LogP contribution in [0.25, 0.3) is 5.52 Å². The third-order valence-corrected chi connectivity index (χ3v) is 4.62. The molecular formula is C22H24N2O3. The van der Waals surface area contributed by atoms with Crippen molar-refractivity contribution in [2.24, 2.45) is 0 Å². The van der Waals surface area contributed by atoms with Crippen LogP contribution in [0.4, 0.5) is 0 Å². The second kappa shape index (κ2) is 8.08. The Balaban J connectivity index is 2.17. The molecule has 0 aliphatic rings. The summed E-state index contributed by atoms with van der Waals surface area (Å²) in [5.74, 6) is -0.399. The minimum absolute atomic E-state index is 0.0282. The number of hydrogen-bond donors (Lipinski definition) is 0. The Morgan fingerprint density at radius 1 is 1.04 bits per heavy atom. The van der Waals surface area contributed by atoms with Crippen LogP contribution < -0.4 is 0 Å². The monoisotopic (exact) mass is 364 g/mol. The van der Waals surface area contributed by atoms with Crippen LogP contribution in [0, 0.1) is 0 Å². The summed E-state index contributed by atoms with van der Waals surface area (Å²) in [7, 11) is 0. The van der Waals surface area contributed by atoms with Crippen LogP contribution in [0.3, 0.4) is 0 Å². The molecular weight excluding hydrogens is 340 g/mol. The molecule has 2 heterocycles. The Hall–Kier alpha value is -3.08. The van der Waals surface area contributed by atoms with Gasteiger partial charge in [0, 0.05) is 37.3 Å². The maximum Gasteiger partial charge on any atom is 0.303 e. The van der Waals surface area contributed by atoms with Gasteiger partial charge in [0.15, 0.2) is 6.10 Å². The molecule has 0 saturated heterocycles. The average molecular weight is 364 g/mol. The summed E-state index contributed by atoms with van der Waals surface area (Å²) in [6, 6.07) is 17.1. The minimum Gasteiger partial charge on any atom is -0.451 e. The van der Waals surface area contributed by atoms with E-state index in [2.05, 4.69) is 0 Å². The van der Waals surface area contributed by atoms with Crippen molar-refractivity contribution in [2.75, 3.05) is 13.1 Å². The van der Waals surface area contributed by atoms with Crippen LogP contribution in [-0.2, 0) is 9.53 Å². The number of carbonyl (C=O) groups excluding carboxylic acids is 2. The third-order valence-electron chi connectivity index (χ3n) is 4.62. The van der Waals surface area contributed by atoms with E-state index in [0.717, 1.165) is 16.8 Å². The van der Waals surface area contributed by atoms with Crippen LogP contribution in [0.2, 0.25) is 0 Å². The predicted octanol–water partition coefficient (Wildman–Crippen LogP) is 4.07. The smallest absolute Gasteiger partial charge is 0.303 e. The molecule has 5 nitrogen and oxygen atoms in total. The van der Waals surface area contributed by atoms with Crippen molar-refractivity contribution >= 4 is 17.4 Å². The molecule has 27 heavy (non-hydrogen) atoms. The number of benzene rings is 1. The molecule has 5 heteroatoms. The quantitative estimate of drug-likeness (QED) is 0.620. The van der Waals surface area contributed by atoms with E-state index in [1.165, 1.54) is 6.92 Å². The molecule has 1 atom stereocenters. The van der Waals surface area contributed by atoms with E-state index in [1.54, 1.807) is 4.90 Å². The number of carbonyl (C=O) groups is 2. The van der Waals surface area contributed by atoms with Crippen LogP contribution in [0.15, 0.2) is 60.8 Å². The number of esters is 1. The second-order valence-electron chi connectivity index (χ2n) is 6.35. The summed E-state index contributed by atoms with van der Waals surface area (Å²) >= 11 is 0. The molecule has 1 amide bonds. The summed E-state index contributed by atoms with van der Waals surface area (Å²) in [6.07, 6.45) is 1.32. The number of amides is 1. The van der Waals surface area contributed by atoms with Crippen LogP contribution in [0.1, 0.15) is 48.5 Å². The lowest BCUT2D eigenvalue weighted by molar-refractivity contribution is -0.145. The SMILES string of the molecule is CCN(CC)C(=O)c1cc(C(OC(C)=O)c2ccccc2)n2cccc2c1. The van der Waals surface area contributed by atoms with E-state index in [0.29, 0.717) is 18.7 Å². The number of aromatic nitrogens is 1. The van der Waals surface area contributed by atoms with Crippen molar-refractivity contribution in [3.8, 4) is 0 Å². The molecule has 0 saturated carbocycles. The van der Waals surface area contributed by atoms with Gasteiger partial charge in [-0.3, -0.25) is 9.59 Å². The molecule has 0 spiro atoms. The summed E-state index contributed by atoms with van der Waals surface area (Å²) in [4.78, 5) is 26.5. The predicted molar refractivity (Wildman–Crippen MR) is 105 cm³/mol. The molecule has 3 rings (SSSR count). The lowest BCUT2D eigenvalue weighted by atomic mass is 10.0. The molecule has 1 aromatic carbocycles. The summed E-state index contributed by atoms with van der Waals surface area (Å²) in [6.45, 7) is 6.60. The Labute approximate surface area is 159 Å². The molecule has 1 unspecified atom stereocenters. The average Bonchev–Trinajstić information content (AvgIpc) is 3.15. The highest BCUT2D eigenvalue weighted by atomic mass is 16.5. The number of nitrogens with zero attached hydrogens (tertiary/aromatic N) is 2. The highest BCUT2D eigenvalue weighted by Crippen LogP contribution is 2.29. The summed E-state index contributed by atoms with van der Waals surface area (Å²) in [5.41, 5.74) is 3.08. The number of hydrogen-bond acceptors (Lipinski definition) is 3. The van der Waals surface area contributed by atoms with Gasteiger partial charge in [-0.2, -0.15) is 0 Å². The zero-order valence-electron chi connectivity index (χ0n) is 15.9. The molecule has 0 fully saturated rings. The van der Waals surface area contributed by atoms with Gasteiger partial charge in [-0.25, -0.2) is 0 Å². The fourth-order valence-corrected chi connectivity index (χ4v) is 3.29. The fraction of sp³-hybridized carbons (Fsp3) is 0.273. The lowest BCUT2D eigenvalue weighted by Gasteiger charge is -2.23. The van der Waals surface area contributed by atoms with E-state index < -0.39 is 6.10 Å². The summed E-state index contributed by atoms with van der Waals surface area (Å²) < 4.78 is 7.62. The molecule has 140 valence electrons. The zero-order chi connectivity index (χ0) is 19.4. The number of pyridine rings is 1. The number of rotatable bonds is 6. The summed E-state index contributed by atoms with van der Waals surface area (Å²) in [5, 5.41) is 0. The van der Waals surface area contributed by atoms with E-state index >= 15 is 0 Å². The second-order valence-corrected chi connectivity index (χ2v) is 6.35. The highest BCUT2D eigenvalue weighted by molar-refractivity contribution is 5.95. The topological polar surface area (TPSA) is 51.0 Å². The first-order valence-corrected chi connectivity index (χ1v) is 9.17. The molecule has 2 aromatic heterocycles. The first kappa shape index (κ1) is 18.7. The Morgan fingerprint density at radius 3 is 2.37 bits per heavy atom. The van der Waals surface area contributed by atoms with Gasteiger partial charge in [-0.1, -0.05) is 30.3 Å². The van der Waals surface area contributed by atoms with Crippen LogP contribution >= 0.6 is 0 Å². The highest BCUT2D eigenvalue weighted by Gasteiger charge is 2.23. The van der Waals surface area contributed by atoms with Crippen LogP contribution in [0.5, 0.6) is 0 Å². The maximum atomic E-state index is 12.9. The molecule has 0 aliphatic carbocycles. The lowest BCUT2D eigenvalue weighted by Crippen LogP contribution is -2.30. The molecule has 0 aliphatic heterocycles. The number of fused-ring (bicyclic) bond motifs is 1. The van der Waals surface area contributed by atoms with E-state index in [4.69, 9.17) is 4.74 Å². The normalized spacial score (nSPS) is 12.0. The van der Waals surface area contributed by atoms with Crippen molar-refractivity contribution < 1.29 is 14.3 Å². The van der Waals surface area contributed by atoms with Gasteiger partial charge in [-0.15, -0.1) is 0 Å². The molecule has 0 N–H and O–H groups in total. The van der Waals surface area contributed by atoms with Gasteiger partial charge >= 0.3 is 5.97 Å². The van der Waals surface area contributed by atoms with Gasteiger partial charge in [0.2, 0.25) is 0 Å². The van der Waals surface area contributed by atoms with Crippen molar-refractivity contribution in [1.82, 2.24) is 9.30 Å². The van der Waals surface area contributed by atoms with Gasteiger partial charge < -0.3 is 14.0 Å². The standard InChI is InChI=1S/C22H24N2O3/c1-4-23(5-2)22(26)18-14-19-12-9-13-24(19)20(15-18)21(27-16(3)25)17-10-7-6-8-11-17/h6-15,21H,4-5H2,1-3H3. The van der Waals surface area contributed by atoms with E-state index in [9.17, 15) is 9.59 Å². The van der Waals surface area contributed by atoms with Crippen LogP contribution in [-0.4, -0.2) is 34.3 Å². The van der Waals surface area contributed by atoms with Crippen molar-refractivity contribution in [3.63, 3.8) is 0 Å². The van der Waals surface area contributed by atoms with Gasteiger partial charge in [0.25, 0.3) is 5.91 Å². The Kier molecular flexibility index (Phi) is 5.60. The first-order chi connectivity index (χ1) is 13.0. The maximum absolute atomic E-state index is 12.9. The van der Waals surface area contributed by atoms with Crippen molar-refractivity contribution in [2.45, 2.75) is 26.9 Å². The Bertz CT molecular complexity index is 943. The molecule has 3 aromatic rings. The fourth-order valence-electron chi connectivity index (χ4n) is 3.29. The van der Waals surface area contributed by atoms with Gasteiger partial charge in [0.05, 0.1) is 5.69 Å². The van der Waals surface area contributed by atoms with E-state index in [-0.39, 0.29) is 11.9 Å². The zero-order valence-corrected chi connectivity index (χ0v) is 15.9. The third kappa shape index (κ3) is 3.87. The van der Waals surface area contributed by atoms with Crippen molar-refractivity contribution in [3.05, 3.63) is 77.6 Å². The Morgan fingerprint density at radius 2 is 1.74 bits per heavy atom. The molecule has 0 bridgehead atoms. The first-order valence-electron chi connectivity index (χ1n) is 9.17. The molecule has 0 radical (unpaired) electrons. The van der Waals surface area contributed by atoms with Gasteiger partial charge in [0.1, 0.15) is 0 Å². The minimum atomic E-state index is -0.594. The number of ether oxygens (including phenoxy) is 1. The van der Waals surface area contributed by atoms with Gasteiger partial charge in [-0.05, 0) is 43.7 Å².